The van der Waals surface area contributed by atoms with E-state index in [4.69, 9.17) is 4.42 Å². The van der Waals surface area contributed by atoms with Gasteiger partial charge < -0.3 is 9.73 Å². The Bertz CT molecular complexity index is 428. The van der Waals surface area contributed by atoms with Crippen LogP contribution >= 0.6 is 0 Å². The molecule has 4 nitrogen and oxygen atoms in total. The Labute approximate surface area is 81.0 Å². The van der Waals surface area contributed by atoms with Gasteiger partial charge in [0.05, 0.1) is 12.2 Å². The van der Waals surface area contributed by atoms with Crippen LogP contribution in [0.5, 0.6) is 0 Å². The first-order valence-corrected chi connectivity index (χ1v) is 4.54. The van der Waals surface area contributed by atoms with Crippen LogP contribution in [0.3, 0.4) is 0 Å². The molecule has 0 saturated heterocycles. The average molecular weight is 187 g/mol. The minimum atomic E-state index is 0.622. The molecule has 0 unspecified atom stereocenters. The van der Waals surface area contributed by atoms with Crippen LogP contribution in [0.1, 0.15) is 11.5 Å². The van der Waals surface area contributed by atoms with E-state index in [0.29, 0.717) is 5.89 Å². The molecule has 4 heteroatoms. The summed E-state index contributed by atoms with van der Waals surface area (Å²) in [6.45, 7) is 1.57. The molecular weight excluding hydrogens is 178 g/mol. The van der Waals surface area contributed by atoms with Gasteiger partial charge in [-0.15, -0.1) is 0 Å². The highest BCUT2D eigenvalue weighted by Gasteiger charge is 2.18. The Morgan fingerprint density at radius 1 is 1.29 bits per heavy atom. The second-order valence-electron chi connectivity index (χ2n) is 3.21. The molecule has 0 saturated carbocycles. The maximum Gasteiger partial charge on any atom is 0.245 e. The third-order valence-corrected chi connectivity index (χ3v) is 2.24. The van der Waals surface area contributed by atoms with Crippen molar-refractivity contribution in [1.29, 1.82) is 0 Å². The fourth-order valence-electron chi connectivity index (χ4n) is 1.55. The van der Waals surface area contributed by atoms with Gasteiger partial charge in [-0.1, -0.05) is 6.07 Å². The molecule has 0 radical (unpaired) electrons. The molecule has 1 N–H and O–H groups in total. The SMILES string of the molecule is c1ccc(-c2nc3c(o2)CNC3)nc1. The lowest BCUT2D eigenvalue weighted by Crippen LogP contribution is -2.01. The van der Waals surface area contributed by atoms with E-state index in [2.05, 4.69) is 15.3 Å². The summed E-state index contributed by atoms with van der Waals surface area (Å²) in [5.41, 5.74) is 1.80. The molecule has 70 valence electrons. The Morgan fingerprint density at radius 3 is 3.07 bits per heavy atom. The van der Waals surface area contributed by atoms with Gasteiger partial charge in [-0.2, -0.15) is 0 Å². The van der Waals surface area contributed by atoms with Crippen molar-refractivity contribution in [2.45, 2.75) is 13.1 Å². The number of nitrogens with zero attached hydrogens (tertiary/aromatic N) is 2. The molecule has 0 spiro atoms. The zero-order valence-electron chi connectivity index (χ0n) is 7.53. The number of aromatic nitrogens is 2. The largest absolute Gasteiger partial charge is 0.438 e. The summed E-state index contributed by atoms with van der Waals surface area (Å²) in [4.78, 5) is 8.55. The molecule has 1 aliphatic rings. The number of rotatable bonds is 1. The summed E-state index contributed by atoms with van der Waals surface area (Å²) < 4.78 is 5.58. The number of nitrogens with one attached hydrogen (secondary N) is 1. The molecule has 0 aliphatic carbocycles. The van der Waals surface area contributed by atoms with Crippen LogP contribution in [0.25, 0.3) is 11.6 Å². The molecule has 3 rings (SSSR count). The first-order valence-electron chi connectivity index (χ1n) is 4.54. The number of hydrogen-bond acceptors (Lipinski definition) is 4. The fraction of sp³-hybridized carbons (Fsp3) is 0.200. The van der Waals surface area contributed by atoms with Gasteiger partial charge in [0.2, 0.25) is 5.89 Å². The summed E-state index contributed by atoms with van der Waals surface area (Å²) in [7, 11) is 0. The third kappa shape index (κ3) is 1.12. The highest BCUT2D eigenvalue weighted by Crippen LogP contribution is 2.22. The lowest BCUT2D eigenvalue weighted by molar-refractivity contribution is 0.509. The topological polar surface area (TPSA) is 51.0 Å². The van der Waals surface area contributed by atoms with Gasteiger partial charge in [-0.25, -0.2) is 4.98 Å². The highest BCUT2D eigenvalue weighted by atomic mass is 16.4. The predicted octanol–water partition coefficient (Wildman–Crippen LogP) is 1.34. The second-order valence-corrected chi connectivity index (χ2v) is 3.21. The molecule has 3 heterocycles. The Morgan fingerprint density at radius 2 is 2.29 bits per heavy atom. The highest BCUT2D eigenvalue weighted by molar-refractivity contribution is 5.47. The minimum Gasteiger partial charge on any atom is -0.438 e. The van der Waals surface area contributed by atoms with Gasteiger partial charge >= 0.3 is 0 Å². The number of pyridine rings is 1. The van der Waals surface area contributed by atoms with Crippen LogP contribution in [0.15, 0.2) is 28.8 Å². The molecule has 0 bridgehead atoms. The summed E-state index contributed by atoms with van der Waals surface area (Å²) >= 11 is 0. The molecule has 0 amide bonds. The average Bonchev–Trinajstić information content (AvgIpc) is 2.78. The molecule has 0 aromatic carbocycles. The van der Waals surface area contributed by atoms with Gasteiger partial charge in [0, 0.05) is 12.7 Å². The summed E-state index contributed by atoms with van der Waals surface area (Å²) in [5, 5.41) is 3.17. The number of oxazole rings is 1. The van der Waals surface area contributed by atoms with E-state index in [1.165, 1.54) is 0 Å². The molecule has 14 heavy (non-hydrogen) atoms. The van der Waals surface area contributed by atoms with Gasteiger partial charge in [0.1, 0.15) is 11.5 Å². The van der Waals surface area contributed by atoms with E-state index in [1.807, 2.05) is 18.2 Å². The van der Waals surface area contributed by atoms with E-state index >= 15 is 0 Å². The lowest BCUT2D eigenvalue weighted by atomic mass is 10.3. The van der Waals surface area contributed by atoms with Crippen LogP contribution in [0.4, 0.5) is 0 Å². The van der Waals surface area contributed by atoms with Crippen LogP contribution in [-0.2, 0) is 13.1 Å². The fourth-order valence-corrected chi connectivity index (χ4v) is 1.55. The molecular formula is C10H9N3O. The van der Waals surface area contributed by atoms with Crippen molar-refractivity contribution in [3.05, 3.63) is 35.9 Å². The molecule has 0 fully saturated rings. The van der Waals surface area contributed by atoms with E-state index in [1.54, 1.807) is 6.20 Å². The quantitative estimate of drug-likeness (QED) is 0.732. The molecule has 2 aromatic rings. The lowest BCUT2D eigenvalue weighted by Gasteiger charge is -1.93. The smallest absolute Gasteiger partial charge is 0.245 e. The molecule has 2 aromatic heterocycles. The molecule has 0 atom stereocenters. The van der Waals surface area contributed by atoms with E-state index < -0.39 is 0 Å². The van der Waals surface area contributed by atoms with E-state index in [0.717, 1.165) is 30.2 Å². The van der Waals surface area contributed by atoms with Crippen molar-refractivity contribution in [1.82, 2.24) is 15.3 Å². The van der Waals surface area contributed by atoms with Crippen molar-refractivity contribution < 1.29 is 4.42 Å². The standard InChI is InChI=1S/C10H9N3O/c1-2-4-12-7(3-1)10-13-8-5-11-6-9(8)14-10/h1-4,11H,5-6H2. The van der Waals surface area contributed by atoms with Gasteiger partial charge in [0.25, 0.3) is 0 Å². The van der Waals surface area contributed by atoms with Crippen LogP contribution < -0.4 is 5.32 Å². The Kier molecular flexibility index (Phi) is 1.61. The number of fused-ring (bicyclic) bond motifs is 1. The summed E-state index contributed by atoms with van der Waals surface area (Å²) in [6, 6.07) is 5.70. The van der Waals surface area contributed by atoms with Crippen molar-refractivity contribution in [3.63, 3.8) is 0 Å². The zero-order valence-corrected chi connectivity index (χ0v) is 7.53. The van der Waals surface area contributed by atoms with Crippen LogP contribution in [-0.4, -0.2) is 9.97 Å². The van der Waals surface area contributed by atoms with Gasteiger partial charge in [-0.3, -0.25) is 4.98 Å². The summed E-state index contributed by atoms with van der Waals surface area (Å²) in [6.07, 6.45) is 1.74. The minimum absolute atomic E-state index is 0.622. The number of hydrogen-bond donors (Lipinski definition) is 1. The zero-order chi connectivity index (χ0) is 9.38. The van der Waals surface area contributed by atoms with Crippen molar-refractivity contribution in [2.24, 2.45) is 0 Å². The van der Waals surface area contributed by atoms with Crippen LogP contribution in [0.2, 0.25) is 0 Å². The second kappa shape index (κ2) is 2.92. The van der Waals surface area contributed by atoms with E-state index in [9.17, 15) is 0 Å². The monoisotopic (exact) mass is 187 g/mol. The van der Waals surface area contributed by atoms with Gasteiger partial charge in [0.15, 0.2) is 0 Å². The van der Waals surface area contributed by atoms with Crippen LogP contribution in [0, 0.1) is 0 Å². The Balaban J connectivity index is 2.06. The van der Waals surface area contributed by atoms with Crippen molar-refractivity contribution in [3.8, 4) is 11.6 Å². The third-order valence-electron chi connectivity index (χ3n) is 2.24. The predicted molar refractivity (Wildman–Crippen MR) is 50.3 cm³/mol. The van der Waals surface area contributed by atoms with Crippen molar-refractivity contribution >= 4 is 0 Å². The summed E-state index contributed by atoms with van der Waals surface area (Å²) in [5.74, 6) is 1.56. The van der Waals surface area contributed by atoms with Crippen molar-refractivity contribution in [2.75, 3.05) is 0 Å². The molecule has 1 aliphatic heterocycles. The van der Waals surface area contributed by atoms with E-state index in [-0.39, 0.29) is 0 Å². The maximum absolute atomic E-state index is 5.58. The Hall–Kier alpha value is -1.68. The normalized spacial score (nSPS) is 14.3. The van der Waals surface area contributed by atoms with Gasteiger partial charge in [-0.05, 0) is 12.1 Å². The first kappa shape index (κ1) is 7.70. The maximum atomic E-state index is 5.58. The first-order chi connectivity index (χ1) is 6.93.